The second kappa shape index (κ2) is 5.84. The Kier molecular flexibility index (Phi) is 3.74. The maximum atomic E-state index is 11.7. The maximum absolute atomic E-state index is 11.7. The number of hydrogen-bond donors (Lipinski definition) is 1. The number of nitrogens with zero attached hydrogens (tertiary/aromatic N) is 3. The Morgan fingerprint density at radius 3 is 2.90 bits per heavy atom. The summed E-state index contributed by atoms with van der Waals surface area (Å²) in [5, 5.41) is 3.71. The highest BCUT2D eigenvalue weighted by atomic mass is 32.1. The van der Waals surface area contributed by atoms with Crippen LogP contribution in [-0.2, 0) is 4.74 Å². The fourth-order valence-electron chi connectivity index (χ4n) is 1.78. The van der Waals surface area contributed by atoms with Crippen LogP contribution in [0.4, 0.5) is 11.1 Å². The van der Waals surface area contributed by atoms with E-state index in [9.17, 15) is 4.79 Å². The summed E-state index contributed by atoms with van der Waals surface area (Å²) in [6.45, 7) is 2.14. The number of nitrogens with one attached hydrogen (secondary N) is 1. The number of fused-ring (bicyclic) bond motifs is 1. The van der Waals surface area contributed by atoms with Gasteiger partial charge in [0.1, 0.15) is 0 Å². The van der Waals surface area contributed by atoms with Crippen LogP contribution >= 0.6 is 11.3 Å². The van der Waals surface area contributed by atoms with Gasteiger partial charge in [-0.1, -0.05) is 11.3 Å². The molecule has 0 unspecified atom stereocenters. The monoisotopic (exact) mass is 300 g/mol. The van der Waals surface area contributed by atoms with Crippen LogP contribution in [0.15, 0.2) is 36.7 Å². The minimum Gasteiger partial charge on any atom is -0.462 e. The molecule has 3 aromatic rings. The molecule has 0 radical (unpaired) electrons. The van der Waals surface area contributed by atoms with Gasteiger partial charge in [-0.05, 0) is 31.2 Å². The van der Waals surface area contributed by atoms with Crippen LogP contribution < -0.4 is 5.32 Å². The van der Waals surface area contributed by atoms with Gasteiger partial charge in [0, 0.05) is 12.4 Å². The largest absolute Gasteiger partial charge is 0.462 e. The fourth-order valence-corrected chi connectivity index (χ4v) is 2.68. The molecule has 21 heavy (non-hydrogen) atoms. The first-order valence-corrected chi connectivity index (χ1v) is 7.19. The first-order chi connectivity index (χ1) is 10.3. The number of carbonyl (C=O) groups is 1. The van der Waals surface area contributed by atoms with E-state index >= 15 is 0 Å². The number of aromatic nitrogens is 3. The van der Waals surface area contributed by atoms with Gasteiger partial charge in [-0.15, -0.1) is 0 Å². The van der Waals surface area contributed by atoms with Gasteiger partial charge in [-0.25, -0.2) is 19.7 Å². The molecular formula is C14H12N4O2S. The summed E-state index contributed by atoms with van der Waals surface area (Å²) in [5.41, 5.74) is 1.34. The van der Waals surface area contributed by atoms with E-state index in [-0.39, 0.29) is 5.97 Å². The molecule has 1 aromatic carbocycles. The predicted octanol–water partition coefficient (Wildman–Crippen LogP) is 3.01. The number of rotatable bonds is 4. The lowest BCUT2D eigenvalue weighted by Crippen LogP contribution is -2.03. The Bertz CT molecular complexity index is 773. The molecule has 7 heteroatoms. The highest BCUT2D eigenvalue weighted by Gasteiger charge is 2.10. The van der Waals surface area contributed by atoms with E-state index in [1.807, 2.05) is 0 Å². The molecule has 3 rings (SSSR count). The summed E-state index contributed by atoms with van der Waals surface area (Å²) in [6.07, 6.45) is 3.31. The number of hydrogen-bond acceptors (Lipinski definition) is 7. The van der Waals surface area contributed by atoms with Crippen molar-refractivity contribution in [3.63, 3.8) is 0 Å². The predicted molar refractivity (Wildman–Crippen MR) is 80.9 cm³/mol. The average molecular weight is 300 g/mol. The molecule has 0 aliphatic heterocycles. The third kappa shape index (κ3) is 2.97. The van der Waals surface area contributed by atoms with E-state index in [1.165, 1.54) is 11.3 Å². The van der Waals surface area contributed by atoms with Crippen molar-refractivity contribution in [2.45, 2.75) is 6.92 Å². The van der Waals surface area contributed by atoms with Gasteiger partial charge in [0.25, 0.3) is 0 Å². The summed E-state index contributed by atoms with van der Waals surface area (Å²) in [4.78, 5) is 24.3. The van der Waals surface area contributed by atoms with Crippen molar-refractivity contribution in [2.75, 3.05) is 11.9 Å². The highest BCUT2D eigenvalue weighted by Crippen LogP contribution is 2.28. The Labute approximate surface area is 124 Å². The van der Waals surface area contributed by atoms with Crippen molar-refractivity contribution in [1.82, 2.24) is 15.0 Å². The van der Waals surface area contributed by atoms with Crippen LogP contribution in [-0.4, -0.2) is 27.5 Å². The Hall–Kier alpha value is -2.54. The molecule has 0 bridgehead atoms. The molecule has 2 aromatic heterocycles. The zero-order valence-electron chi connectivity index (χ0n) is 11.2. The van der Waals surface area contributed by atoms with Crippen molar-refractivity contribution in [1.29, 1.82) is 0 Å². The standard InChI is InChI=1S/C14H12N4O2S/c1-2-20-12(19)9-4-5-10-11(8-9)21-14(17-10)18-13-15-6-3-7-16-13/h3-8H,2H2,1H3,(H,15,16,17,18). The molecule has 0 saturated heterocycles. The summed E-state index contributed by atoms with van der Waals surface area (Å²) >= 11 is 1.43. The zero-order chi connectivity index (χ0) is 14.7. The van der Waals surface area contributed by atoms with Gasteiger partial charge >= 0.3 is 5.97 Å². The smallest absolute Gasteiger partial charge is 0.338 e. The molecule has 0 saturated carbocycles. The lowest BCUT2D eigenvalue weighted by molar-refractivity contribution is 0.0526. The van der Waals surface area contributed by atoms with Crippen molar-refractivity contribution >= 4 is 38.6 Å². The van der Waals surface area contributed by atoms with Crippen molar-refractivity contribution in [2.24, 2.45) is 0 Å². The topological polar surface area (TPSA) is 77.0 Å². The molecular weight excluding hydrogens is 288 g/mol. The maximum Gasteiger partial charge on any atom is 0.338 e. The lowest BCUT2D eigenvalue weighted by atomic mass is 10.2. The van der Waals surface area contributed by atoms with Crippen LogP contribution in [0.1, 0.15) is 17.3 Å². The summed E-state index contributed by atoms with van der Waals surface area (Å²) in [7, 11) is 0. The quantitative estimate of drug-likeness (QED) is 0.746. The summed E-state index contributed by atoms with van der Waals surface area (Å²) in [6, 6.07) is 7.04. The van der Waals surface area contributed by atoms with Crippen molar-refractivity contribution in [3.05, 3.63) is 42.2 Å². The number of anilines is 2. The average Bonchev–Trinajstić information content (AvgIpc) is 2.89. The van der Waals surface area contributed by atoms with E-state index in [2.05, 4.69) is 20.3 Å². The molecule has 6 nitrogen and oxygen atoms in total. The molecule has 0 atom stereocenters. The molecule has 2 heterocycles. The van der Waals surface area contributed by atoms with Gasteiger partial charge < -0.3 is 10.1 Å². The van der Waals surface area contributed by atoms with E-state index in [4.69, 9.17) is 4.74 Å². The number of ether oxygens (including phenoxy) is 1. The van der Waals surface area contributed by atoms with E-state index < -0.39 is 0 Å². The lowest BCUT2D eigenvalue weighted by Gasteiger charge is -2.00. The Morgan fingerprint density at radius 2 is 2.14 bits per heavy atom. The highest BCUT2D eigenvalue weighted by molar-refractivity contribution is 7.22. The van der Waals surface area contributed by atoms with Crippen LogP contribution in [0, 0.1) is 0 Å². The van der Waals surface area contributed by atoms with E-state index in [0.29, 0.717) is 23.3 Å². The molecule has 0 aliphatic rings. The molecule has 0 fully saturated rings. The third-order valence-electron chi connectivity index (χ3n) is 2.68. The SMILES string of the molecule is CCOC(=O)c1ccc2nc(Nc3ncccn3)sc2c1. The zero-order valence-corrected chi connectivity index (χ0v) is 12.1. The van der Waals surface area contributed by atoms with Gasteiger partial charge in [-0.2, -0.15) is 0 Å². The molecule has 0 spiro atoms. The van der Waals surface area contributed by atoms with Crippen LogP contribution in [0.2, 0.25) is 0 Å². The normalized spacial score (nSPS) is 10.5. The number of carbonyl (C=O) groups excluding carboxylic acids is 1. The molecule has 106 valence electrons. The first-order valence-electron chi connectivity index (χ1n) is 6.38. The first kappa shape index (κ1) is 13.4. The molecule has 0 aliphatic carbocycles. The van der Waals surface area contributed by atoms with Crippen LogP contribution in [0.25, 0.3) is 10.2 Å². The van der Waals surface area contributed by atoms with Crippen molar-refractivity contribution in [3.8, 4) is 0 Å². The van der Waals surface area contributed by atoms with Crippen LogP contribution in [0.5, 0.6) is 0 Å². The minimum atomic E-state index is -0.325. The van der Waals surface area contributed by atoms with Gasteiger partial charge in [0.15, 0.2) is 5.13 Å². The Balaban J connectivity index is 1.88. The van der Waals surface area contributed by atoms with E-state index in [0.717, 1.165) is 10.2 Å². The molecule has 0 amide bonds. The number of esters is 1. The van der Waals surface area contributed by atoms with Crippen LogP contribution in [0.3, 0.4) is 0 Å². The summed E-state index contributed by atoms with van der Waals surface area (Å²) in [5.74, 6) is 0.163. The fraction of sp³-hybridized carbons (Fsp3) is 0.143. The van der Waals surface area contributed by atoms with Gasteiger partial charge in [0.05, 0.1) is 22.4 Å². The second-order valence-electron chi connectivity index (χ2n) is 4.12. The van der Waals surface area contributed by atoms with Gasteiger partial charge in [-0.3, -0.25) is 0 Å². The second-order valence-corrected chi connectivity index (χ2v) is 5.15. The minimum absolute atomic E-state index is 0.325. The third-order valence-corrected chi connectivity index (χ3v) is 3.62. The van der Waals surface area contributed by atoms with Gasteiger partial charge in [0.2, 0.25) is 5.95 Å². The summed E-state index contributed by atoms with van der Waals surface area (Å²) < 4.78 is 5.89. The van der Waals surface area contributed by atoms with Crippen molar-refractivity contribution < 1.29 is 9.53 Å². The number of thiazole rings is 1. The van der Waals surface area contributed by atoms with E-state index in [1.54, 1.807) is 43.6 Å². The molecule has 1 N–H and O–H groups in total. The number of benzene rings is 1. The Morgan fingerprint density at radius 1 is 1.33 bits per heavy atom.